The number of amidine groups is 1. The molecular formula is C23H19ClF4N4O7S. The molecule has 11 nitrogen and oxygen atoms in total. The highest BCUT2D eigenvalue weighted by molar-refractivity contribution is 8.18. The molecule has 1 aliphatic rings. The molecule has 0 atom stereocenters. The van der Waals surface area contributed by atoms with Crippen molar-refractivity contribution in [3.05, 3.63) is 66.6 Å². The molecule has 40 heavy (non-hydrogen) atoms. The van der Waals surface area contributed by atoms with Gasteiger partial charge in [0.2, 0.25) is 0 Å². The van der Waals surface area contributed by atoms with E-state index in [1.165, 1.54) is 6.92 Å². The van der Waals surface area contributed by atoms with E-state index in [0.717, 1.165) is 24.1 Å². The third-order valence-electron chi connectivity index (χ3n) is 5.10. The number of thioether (sulfide) groups is 1. The third kappa shape index (κ3) is 6.44. The number of halogens is 5. The summed E-state index contributed by atoms with van der Waals surface area (Å²) in [7, 11) is 0.751. The van der Waals surface area contributed by atoms with Crippen LogP contribution in [0, 0.1) is 5.82 Å². The summed E-state index contributed by atoms with van der Waals surface area (Å²) in [6.07, 6.45) is -4.16. The first-order chi connectivity index (χ1) is 18.7. The van der Waals surface area contributed by atoms with E-state index in [2.05, 4.69) is 4.99 Å². The van der Waals surface area contributed by atoms with Crippen LogP contribution in [0.2, 0.25) is 5.02 Å². The van der Waals surface area contributed by atoms with Crippen LogP contribution in [0.1, 0.15) is 19.5 Å². The van der Waals surface area contributed by atoms with E-state index in [-0.39, 0.29) is 49.2 Å². The van der Waals surface area contributed by atoms with Gasteiger partial charge in [-0.15, -0.1) is 0 Å². The van der Waals surface area contributed by atoms with Crippen LogP contribution in [-0.2, 0) is 37.1 Å². The van der Waals surface area contributed by atoms with Gasteiger partial charge in [-0.1, -0.05) is 11.6 Å². The third-order valence-corrected chi connectivity index (χ3v) is 6.41. The van der Waals surface area contributed by atoms with Gasteiger partial charge in [0.25, 0.3) is 11.5 Å². The monoisotopic (exact) mass is 606 g/mol. The molecule has 3 rings (SSSR count). The number of aromatic nitrogens is 2. The summed E-state index contributed by atoms with van der Waals surface area (Å²) >= 11 is 6.74. The number of aliphatic imine (C=N–C) groups is 1. The first kappa shape index (κ1) is 30.6. The first-order valence-corrected chi connectivity index (χ1v) is 12.4. The molecule has 0 unspecified atom stereocenters. The Kier molecular flexibility index (Phi) is 9.25. The smallest absolute Gasteiger partial charge is 0.431 e. The Morgan fingerprint density at radius 1 is 1.10 bits per heavy atom. The predicted octanol–water partition coefficient (Wildman–Crippen LogP) is 2.92. The Labute approximate surface area is 231 Å². The van der Waals surface area contributed by atoms with Crippen LogP contribution >= 0.6 is 23.4 Å². The number of rotatable bonds is 7. The van der Waals surface area contributed by atoms with Crippen molar-refractivity contribution < 1.29 is 41.4 Å². The minimum atomic E-state index is -5.04. The number of ether oxygens (including phenoxy) is 2. The zero-order valence-electron chi connectivity index (χ0n) is 20.9. The van der Waals surface area contributed by atoms with Gasteiger partial charge in [-0.25, -0.2) is 23.5 Å². The first-order valence-electron chi connectivity index (χ1n) is 11.2. The molecule has 17 heteroatoms. The fourth-order valence-corrected chi connectivity index (χ4v) is 4.51. The average molecular weight is 607 g/mol. The molecule has 0 bridgehead atoms. The number of hydrogen-bond acceptors (Lipinski definition) is 9. The quantitative estimate of drug-likeness (QED) is 0.267. The van der Waals surface area contributed by atoms with Crippen LogP contribution < -0.4 is 11.2 Å². The molecule has 1 amide bonds. The highest BCUT2D eigenvalue weighted by atomic mass is 35.5. The zero-order valence-corrected chi connectivity index (χ0v) is 22.4. The number of carbonyl (C=O) groups is 3. The van der Waals surface area contributed by atoms with Crippen LogP contribution in [-0.4, -0.2) is 56.8 Å². The van der Waals surface area contributed by atoms with Crippen molar-refractivity contribution in [3.8, 4) is 5.69 Å². The Hall–Kier alpha value is -3.92. The topological polar surface area (TPSA) is 129 Å². The second kappa shape index (κ2) is 12.1. The number of nitrogens with zero attached hydrogens (tertiary/aromatic N) is 4. The van der Waals surface area contributed by atoms with Crippen LogP contribution in [0.3, 0.4) is 0 Å². The molecule has 1 aliphatic heterocycles. The Morgan fingerprint density at radius 2 is 1.75 bits per heavy atom. The van der Waals surface area contributed by atoms with Gasteiger partial charge in [0, 0.05) is 19.2 Å². The standard InChI is InChI=1S/C23H19ClF4N4O7S/c1-4-38-18(34)8-15-20(36)31(10-19(35)39-5-2)21(40-15)29-13-7-14(12(25)6-11(13)24)32-17(33)9-16(23(26,27)28)30(3)22(32)37/h6-9H,4-5,10H2,1-3H3/b15-8+,29-21?. The molecule has 1 aromatic carbocycles. The number of esters is 2. The molecule has 1 fully saturated rings. The van der Waals surface area contributed by atoms with Gasteiger partial charge < -0.3 is 9.47 Å². The lowest BCUT2D eigenvalue weighted by atomic mass is 10.2. The molecule has 2 aromatic rings. The SMILES string of the molecule is CCOC(=O)/C=C1/SC(=Nc2cc(-n3c(=O)cc(C(F)(F)F)n(C)c3=O)c(F)cc2Cl)N(CC(=O)OCC)C1=O. The summed E-state index contributed by atoms with van der Waals surface area (Å²) in [6.45, 7) is 2.46. The summed E-state index contributed by atoms with van der Waals surface area (Å²) in [5, 5.41) is -0.599. The summed E-state index contributed by atoms with van der Waals surface area (Å²) in [5.41, 5.74) is -5.65. The van der Waals surface area contributed by atoms with Crippen molar-refractivity contribution >= 4 is 52.1 Å². The normalized spacial score (nSPS) is 15.7. The minimum Gasteiger partial charge on any atom is -0.465 e. The van der Waals surface area contributed by atoms with Crippen LogP contribution in [0.4, 0.5) is 23.2 Å². The van der Waals surface area contributed by atoms with Gasteiger partial charge in [0.1, 0.15) is 18.1 Å². The number of hydrogen-bond donors (Lipinski definition) is 0. The highest BCUT2D eigenvalue weighted by Gasteiger charge is 2.37. The van der Waals surface area contributed by atoms with Crippen LogP contribution in [0.15, 0.2) is 43.8 Å². The van der Waals surface area contributed by atoms with Gasteiger partial charge in [-0.3, -0.25) is 23.9 Å². The molecule has 0 N–H and O–H groups in total. The fourth-order valence-electron chi connectivity index (χ4n) is 3.36. The summed E-state index contributed by atoms with van der Waals surface area (Å²) in [5.74, 6) is -3.74. The lowest BCUT2D eigenvalue weighted by molar-refractivity contribution is -0.145. The summed E-state index contributed by atoms with van der Waals surface area (Å²) < 4.78 is 64.4. The molecule has 0 radical (unpaired) electrons. The molecule has 214 valence electrons. The molecule has 2 heterocycles. The molecule has 1 aromatic heterocycles. The van der Waals surface area contributed by atoms with Gasteiger partial charge in [0.05, 0.1) is 34.5 Å². The molecule has 0 saturated carbocycles. The Balaban J connectivity index is 2.17. The highest BCUT2D eigenvalue weighted by Crippen LogP contribution is 2.36. The van der Waals surface area contributed by atoms with E-state index in [1.54, 1.807) is 6.92 Å². The summed E-state index contributed by atoms with van der Waals surface area (Å²) in [4.78, 5) is 66.9. The van der Waals surface area contributed by atoms with Gasteiger partial charge in [0.15, 0.2) is 5.17 Å². The second-order valence-electron chi connectivity index (χ2n) is 7.75. The minimum absolute atomic E-state index is 0.00398. The number of alkyl halides is 3. The van der Waals surface area contributed by atoms with Crippen molar-refractivity contribution in [2.45, 2.75) is 20.0 Å². The zero-order chi connectivity index (χ0) is 29.9. The maximum absolute atomic E-state index is 14.9. The molecule has 0 aliphatic carbocycles. The van der Waals surface area contributed by atoms with E-state index < -0.39 is 59.0 Å². The average Bonchev–Trinajstić information content (AvgIpc) is 3.12. The number of benzene rings is 1. The maximum atomic E-state index is 14.9. The van der Waals surface area contributed by atoms with Gasteiger partial charge in [-0.05, 0) is 37.7 Å². The van der Waals surface area contributed by atoms with Crippen LogP contribution in [0.25, 0.3) is 5.69 Å². The lowest BCUT2D eigenvalue weighted by Crippen LogP contribution is -2.41. The fraction of sp³-hybridized carbons (Fsp3) is 0.304. The Bertz CT molecular complexity index is 1570. The molecule has 1 saturated heterocycles. The molecule has 0 spiro atoms. The number of amides is 1. The van der Waals surface area contributed by atoms with E-state index in [0.29, 0.717) is 17.8 Å². The predicted molar refractivity (Wildman–Crippen MR) is 135 cm³/mol. The van der Waals surface area contributed by atoms with E-state index in [1.807, 2.05) is 0 Å². The van der Waals surface area contributed by atoms with Crippen LogP contribution in [0.5, 0.6) is 0 Å². The van der Waals surface area contributed by atoms with Crippen molar-refractivity contribution in [2.24, 2.45) is 12.0 Å². The van der Waals surface area contributed by atoms with Gasteiger partial charge in [-0.2, -0.15) is 13.2 Å². The van der Waals surface area contributed by atoms with E-state index in [9.17, 15) is 41.5 Å². The van der Waals surface area contributed by atoms with Gasteiger partial charge >= 0.3 is 23.8 Å². The van der Waals surface area contributed by atoms with Crippen molar-refractivity contribution in [2.75, 3.05) is 19.8 Å². The van der Waals surface area contributed by atoms with E-state index >= 15 is 0 Å². The maximum Gasteiger partial charge on any atom is 0.431 e. The Morgan fingerprint density at radius 3 is 2.35 bits per heavy atom. The summed E-state index contributed by atoms with van der Waals surface area (Å²) in [6, 6.07) is 1.59. The number of carbonyl (C=O) groups excluding carboxylic acids is 3. The van der Waals surface area contributed by atoms with Crippen molar-refractivity contribution in [3.63, 3.8) is 0 Å². The van der Waals surface area contributed by atoms with Crippen molar-refractivity contribution in [1.82, 2.24) is 14.0 Å². The van der Waals surface area contributed by atoms with E-state index in [4.69, 9.17) is 21.1 Å². The molecular weight excluding hydrogens is 588 g/mol. The largest absolute Gasteiger partial charge is 0.465 e. The second-order valence-corrected chi connectivity index (χ2v) is 9.17. The van der Waals surface area contributed by atoms with Crippen molar-refractivity contribution in [1.29, 1.82) is 0 Å². The lowest BCUT2D eigenvalue weighted by Gasteiger charge is -2.16.